The fourth-order valence-corrected chi connectivity index (χ4v) is 3.94. The van der Waals surface area contributed by atoms with Crippen LogP contribution in [0.3, 0.4) is 0 Å². The molecule has 2 aromatic heterocycles. The molecule has 0 atom stereocenters. The number of nitrogens with one attached hydrogen (secondary N) is 1. The van der Waals surface area contributed by atoms with E-state index in [4.69, 9.17) is 4.98 Å². The number of para-hydroxylation sites is 2. The number of hydrogen-bond acceptors (Lipinski definition) is 2. The van der Waals surface area contributed by atoms with Gasteiger partial charge in [0.25, 0.3) is 0 Å². The third-order valence-corrected chi connectivity index (χ3v) is 5.13. The zero-order valence-corrected chi connectivity index (χ0v) is 12.5. The first kappa shape index (κ1) is 12.0. The quantitative estimate of drug-likeness (QED) is 0.429. The monoisotopic (exact) mass is 300 g/mol. The van der Waals surface area contributed by atoms with Crippen molar-refractivity contribution in [2.24, 2.45) is 0 Å². The molecule has 5 rings (SSSR count). The topological polar surface area (TPSA) is 28.7 Å². The molecule has 1 N–H and O–H groups in total. The molecule has 0 aliphatic rings. The van der Waals surface area contributed by atoms with Gasteiger partial charge in [0.2, 0.25) is 0 Å². The Morgan fingerprint density at radius 2 is 1.59 bits per heavy atom. The molecule has 0 aliphatic carbocycles. The Morgan fingerprint density at radius 3 is 2.55 bits per heavy atom. The van der Waals surface area contributed by atoms with Gasteiger partial charge in [-0.1, -0.05) is 30.3 Å². The fourth-order valence-electron chi connectivity index (χ4n) is 2.98. The molecular weight excluding hydrogens is 288 g/mol. The normalized spacial score (nSPS) is 11.6. The Balaban J connectivity index is 1.78. The number of aromatic amines is 1. The first-order valence-electron chi connectivity index (χ1n) is 7.25. The highest BCUT2D eigenvalue weighted by atomic mass is 32.1. The summed E-state index contributed by atoms with van der Waals surface area (Å²) in [4.78, 5) is 8.23. The van der Waals surface area contributed by atoms with Crippen LogP contribution in [0.2, 0.25) is 0 Å². The number of aromatic nitrogens is 2. The molecule has 22 heavy (non-hydrogen) atoms. The maximum Gasteiger partial charge on any atom is 0.124 e. The molecule has 0 fully saturated rings. The molecule has 2 heterocycles. The maximum absolute atomic E-state index is 4.76. The Morgan fingerprint density at radius 1 is 0.773 bits per heavy atom. The summed E-state index contributed by atoms with van der Waals surface area (Å²) in [5.74, 6) is 0. The van der Waals surface area contributed by atoms with E-state index in [-0.39, 0.29) is 0 Å². The number of benzene rings is 3. The number of thiazole rings is 1. The molecule has 0 aliphatic heterocycles. The number of rotatable bonds is 1. The highest BCUT2D eigenvalue weighted by Gasteiger charge is 2.09. The summed E-state index contributed by atoms with van der Waals surface area (Å²) in [6.45, 7) is 0. The van der Waals surface area contributed by atoms with Crippen molar-refractivity contribution in [3.63, 3.8) is 0 Å². The lowest BCUT2D eigenvalue weighted by Gasteiger charge is -1.97. The maximum atomic E-state index is 4.76. The molecule has 0 radical (unpaired) electrons. The van der Waals surface area contributed by atoms with E-state index in [1.165, 1.54) is 32.1 Å². The van der Waals surface area contributed by atoms with Gasteiger partial charge in [0.1, 0.15) is 5.01 Å². The van der Waals surface area contributed by atoms with Crippen molar-refractivity contribution in [1.82, 2.24) is 9.97 Å². The second-order valence-electron chi connectivity index (χ2n) is 5.42. The van der Waals surface area contributed by atoms with Crippen LogP contribution in [0.25, 0.3) is 42.6 Å². The van der Waals surface area contributed by atoms with Crippen LogP contribution in [0.4, 0.5) is 0 Å². The predicted octanol–water partition coefficient (Wildman–Crippen LogP) is 5.60. The van der Waals surface area contributed by atoms with Crippen molar-refractivity contribution in [2.75, 3.05) is 0 Å². The second-order valence-corrected chi connectivity index (χ2v) is 6.45. The predicted molar refractivity (Wildman–Crippen MR) is 94.4 cm³/mol. The molecule has 0 saturated heterocycles. The molecule has 0 amide bonds. The van der Waals surface area contributed by atoms with Crippen LogP contribution in [0, 0.1) is 0 Å². The van der Waals surface area contributed by atoms with Crippen LogP contribution in [0.5, 0.6) is 0 Å². The Kier molecular flexibility index (Phi) is 2.40. The fraction of sp³-hybridized carbons (Fsp3) is 0. The lowest BCUT2D eigenvalue weighted by Crippen LogP contribution is -1.76. The van der Waals surface area contributed by atoms with E-state index in [1.54, 1.807) is 11.3 Å². The molecule has 0 unspecified atom stereocenters. The van der Waals surface area contributed by atoms with Gasteiger partial charge in [-0.3, -0.25) is 0 Å². The Bertz CT molecular complexity index is 1100. The van der Waals surface area contributed by atoms with E-state index in [2.05, 4.69) is 65.6 Å². The van der Waals surface area contributed by atoms with Crippen molar-refractivity contribution in [3.8, 4) is 10.6 Å². The largest absolute Gasteiger partial charge is 0.355 e. The number of nitrogens with zero attached hydrogens (tertiary/aromatic N) is 1. The van der Waals surface area contributed by atoms with Gasteiger partial charge < -0.3 is 4.98 Å². The third kappa shape index (κ3) is 1.69. The molecular formula is C19H12N2S. The summed E-state index contributed by atoms with van der Waals surface area (Å²) >= 11 is 1.75. The SMILES string of the molecule is c1ccc2sc(-c3ccc4[nH]c5ccccc5c4c3)nc2c1. The molecule has 5 aromatic rings. The molecule has 3 aromatic carbocycles. The van der Waals surface area contributed by atoms with Crippen molar-refractivity contribution in [2.45, 2.75) is 0 Å². The van der Waals surface area contributed by atoms with Crippen molar-refractivity contribution < 1.29 is 0 Å². The molecule has 0 spiro atoms. The van der Waals surface area contributed by atoms with Gasteiger partial charge in [-0.05, 0) is 36.4 Å². The number of H-pyrrole nitrogens is 1. The van der Waals surface area contributed by atoms with Gasteiger partial charge in [-0.2, -0.15) is 0 Å². The molecule has 104 valence electrons. The minimum absolute atomic E-state index is 1.07. The van der Waals surface area contributed by atoms with Crippen LogP contribution < -0.4 is 0 Å². The molecule has 2 nitrogen and oxygen atoms in total. The standard InChI is InChI=1S/C19H12N2S/c1-2-6-15-13(5-1)14-11-12(9-10-16(14)20-15)19-21-17-7-3-4-8-18(17)22-19/h1-11,20H. The first-order chi connectivity index (χ1) is 10.9. The molecule has 3 heteroatoms. The zero-order valence-electron chi connectivity index (χ0n) is 11.7. The van der Waals surface area contributed by atoms with Crippen LogP contribution in [-0.2, 0) is 0 Å². The van der Waals surface area contributed by atoms with Gasteiger partial charge in [-0.15, -0.1) is 11.3 Å². The second kappa shape index (κ2) is 4.42. The third-order valence-electron chi connectivity index (χ3n) is 4.05. The van der Waals surface area contributed by atoms with Gasteiger partial charge in [0, 0.05) is 27.4 Å². The van der Waals surface area contributed by atoms with Crippen molar-refractivity contribution in [1.29, 1.82) is 0 Å². The van der Waals surface area contributed by atoms with Gasteiger partial charge in [0.05, 0.1) is 10.2 Å². The van der Waals surface area contributed by atoms with E-state index in [9.17, 15) is 0 Å². The van der Waals surface area contributed by atoms with Gasteiger partial charge >= 0.3 is 0 Å². The first-order valence-corrected chi connectivity index (χ1v) is 8.06. The van der Waals surface area contributed by atoms with E-state index in [0.29, 0.717) is 0 Å². The van der Waals surface area contributed by atoms with Crippen molar-refractivity contribution >= 4 is 43.4 Å². The van der Waals surface area contributed by atoms with Crippen LogP contribution in [0.1, 0.15) is 0 Å². The lowest BCUT2D eigenvalue weighted by atomic mass is 10.1. The van der Waals surface area contributed by atoms with Gasteiger partial charge in [0.15, 0.2) is 0 Å². The van der Waals surface area contributed by atoms with E-state index < -0.39 is 0 Å². The van der Waals surface area contributed by atoms with Crippen LogP contribution in [-0.4, -0.2) is 9.97 Å². The van der Waals surface area contributed by atoms with Gasteiger partial charge in [-0.25, -0.2) is 4.98 Å². The smallest absolute Gasteiger partial charge is 0.124 e. The summed E-state index contributed by atoms with van der Waals surface area (Å²) in [6.07, 6.45) is 0. The highest BCUT2D eigenvalue weighted by molar-refractivity contribution is 7.21. The van der Waals surface area contributed by atoms with Crippen LogP contribution in [0.15, 0.2) is 66.7 Å². The van der Waals surface area contributed by atoms with E-state index in [0.717, 1.165) is 10.5 Å². The summed E-state index contributed by atoms with van der Waals surface area (Å²) < 4.78 is 1.23. The van der Waals surface area contributed by atoms with E-state index in [1.807, 2.05) is 6.07 Å². The molecule has 0 bridgehead atoms. The minimum Gasteiger partial charge on any atom is -0.355 e. The number of fused-ring (bicyclic) bond motifs is 4. The number of hydrogen-bond donors (Lipinski definition) is 1. The Hall–Kier alpha value is -2.65. The summed E-state index contributed by atoms with van der Waals surface area (Å²) in [6, 6.07) is 23.3. The summed E-state index contributed by atoms with van der Waals surface area (Å²) in [7, 11) is 0. The Labute approximate surface area is 131 Å². The van der Waals surface area contributed by atoms with E-state index >= 15 is 0 Å². The van der Waals surface area contributed by atoms with Crippen LogP contribution >= 0.6 is 11.3 Å². The molecule has 0 saturated carbocycles. The average molecular weight is 300 g/mol. The average Bonchev–Trinajstić information content (AvgIpc) is 3.15. The minimum atomic E-state index is 1.07. The summed E-state index contributed by atoms with van der Waals surface area (Å²) in [5.41, 5.74) is 4.60. The lowest BCUT2D eigenvalue weighted by molar-refractivity contribution is 1.48. The van der Waals surface area contributed by atoms with Crippen molar-refractivity contribution in [3.05, 3.63) is 66.7 Å². The highest BCUT2D eigenvalue weighted by Crippen LogP contribution is 2.33. The summed E-state index contributed by atoms with van der Waals surface area (Å²) in [5, 5.41) is 3.60. The zero-order chi connectivity index (χ0) is 14.5.